The molecule has 14 heavy (non-hydrogen) atoms. The summed E-state index contributed by atoms with van der Waals surface area (Å²) in [5.41, 5.74) is 0. The molecule has 0 aliphatic heterocycles. The van der Waals surface area contributed by atoms with Gasteiger partial charge >= 0.3 is 35.6 Å². The zero-order chi connectivity index (χ0) is 10.7. The Kier molecular flexibility index (Phi) is 47.4. The number of nitrogens with zero attached hydrogens (tertiary/aromatic N) is 3. The minimum Gasteiger partial charge on any atom is -0.356 e. The Morgan fingerprint density at radius 1 is 0.571 bits per heavy atom. The van der Waals surface area contributed by atoms with Gasteiger partial charge in [-0.05, 0) is 0 Å². The van der Waals surface area contributed by atoms with E-state index < -0.39 is 15.3 Å². The number of hydrogen-bond donors (Lipinski definition) is 0. The second kappa shape index (κ2) is 22.7. The SMILES string of the molecule is Cl.O=[N+]([O-])[O-].O=[N+]([O-])[O-].O=[N+]([O-])[O-].[La+3]. The maximum atomic E-state index is 8.25. The van der Waals surface area contributed by atoms with Gasteiger partial charge in [-0.15, -0.1) is 12.4 Å². The van der Waals surface area contributed by atoms with Gasteiger partial charge in [0.25, 0.3) is 0 Å². The van der Waals surface area contributed by atoms with Gasteiger partial charge in [-0.3, -0.25) is 0 Å². The van der Waals surface area contributed by atoms with E-state index in [0.29, 0.717) is 0 Å². The van der Waals surface area contributed by atoms with Crippen molar-refractivity contribution in [2.45, 2.75) is 0 Å². The van der Waals surface area contributed by atoms with Crippen LogP contribution in [0.5, 0.6) is 0 Å². The predicted molar refractivity (Wildman–Crippen MR) is 38.3 cm³/mol. The van der Waals surface area contributed by atoms with Crippen molar-refractivity contribution in [3.05, 3.63) is 46.0 Å². The van der Waals surface area contributed by atoms with E-state index in [1.807, 2.05) is 0 Å². The van der Waals surface area contributed by atoms with Crippen molar-refractivity contribution >= 4 is 12.4 Å². The topological polar surface area (TPSA) is 199 Å². The Balaban J connectivity index is -0.0000000270. The number of rotatable bonds is 0. The van der Waals surface area contributed by atoms with Crippen molar-refractivity contribution < 1.29 is 50.9 Å². The summed E-state index contributed by atoms with van der Waals surface area (Å²) in [5.74, 6) is 0. The van der Waals surface area contributed by atoms with Gasteiger partial charge in [0.2, 0.25) is 0 Å². The van der Waals surface area contributed by atoms with Gasteiger partial charge in [0.05, 0.1) is 15.3 Å². The molecule has 0 saturated heterocycles. The molecule has 80 valence electrons. The molecular formula is HClLaN3O9. The molecule has 0 fully saturated rings. The minimum atomic E-state index is -1.75. The second-order valence-corrected chi connectivity index (χ2v) is 0.671. The van der Waals surface area contributed by atoms with Crippen LogP contribution in [0, 0.1) is 81.6 Å². The quantitative estimate of drug-likeness (QED) is 0.410. The molecule has 0 aromatic heterocycles. The van der Waals surface area contributed by atoms with Crippen molar-refractivity contribution in [1.29, 1.82) is 0 Å². The first-order chi connectivity index (χ1) is 5.20. The molecule has 0 spiro atoms. The Morgan fingerprint density at radius 3 is 0.571 bits per heavy atom. The molecule has 14 heteroatoms. The summed E-state index contributed by atoms with van der Waals surface area (Å²) in [6.45, 7) is 0. The van der Waals surface area contributed by atoms with Gasteiger partial charge in [-0.25, -0.2) is 0 Å². The molecule has 0 bridgehead atoms. The van der Waals surface area contributed by atoms with Gasteiger partial charge in [-0.2, -0.15) is 0 Å². The molecule has 0 aromatic rings. The molecule has 0 aliphatic carbocycles. The normalized spacial score (nSPS) is 5.14. The van der Waals surface area contributed by atoms with Crippen LogP contribution in [0.1, 0.15) is 0 Å². The molecule has 0 heterocycles. The second-order valence-electron chi connectivity index (χ2n) is 0.671. The first-order valence-corrected chi connectivity index (χ1v) is 1.64. The van der Waals surface area contributed by atoms with Crippen molar-refractivity contribution in [1.82, 2.24) is 0 Å². The Bertz CT molecular complexity index is 118. The summed E-state index contributed by atoms with van der Waals surface area (Å²) in [6.07, 6.45) is 0. The van der Waals surface area contributed by atoms with E-state index in [9.17, 15) is 0 Å². The van der Waals surface area contributed by atoms with Crippen LogP contribution in [0.3, 0.4) is 0 Å². The molecule has 12 nitrogen and oxygen atoms in total. The molecular weight excluding hydrogens is 360 g/mol. The fourth-order valence-corrected chi connectivity index (χ4v) is 0. The van der Waals surface area contributed by atoms with Gasteiger partial charge < -0.3 is 46.0 Å². The van der Waals surface area contributed by atoms with E-state index in [2.05, 4.69) is 0 Å². The maximum absolute atomic E-state index is 8.25. The Hall–Kier alpha value is -0.915. The van der Waals surface area contributed by atoms with E-state index >= 15 is 0 Å². The molecule has 0 amide bonds. The van der Waals surface area contributed by atoms with Crippen molar-refractivity contribution in [3.8, 4) is 0 Å². The average molecular weight is 361 g/mol. The van der Waals surface area contributed by atoms with Crippen molar-refractivity contribution in [3.63, 3.8) is 0 Å². The first kappa shape index (κ1) is 29.2. The van der Waals surface area contributed by atoms with Crippen LogP contribution in [0.2, 0.25) is 0 Å². The molecule has 0 saturated carbocycles. The van der Waals surface area contributed by atoms with Crippen LogP contribution in [0.25, 0.3) is 0 Å². The van der Waals surface area contributed by atoms with Gasteiger partial charge in [0.1, 0.15) is 0 Å². The van der Waals surface area contributed by atoms with Crippen LogP contribution in [-0.4, -0.2) is 15.3 Å². The third kappa shape index (κ3) is 1350. The van der Waals surface area contributed by atoms with Crippen LogP contribution in [-0.2, 0) is 0 Å². The molecule has 0 rings (SSSR count). The van der Waals surface area contributed by atoms with Gasteiger partial charge in [-0.1, -0.05) is 0 Å². The standard InChI is InChI=1S/ClH.La.3NO3/c;;3*2-1(3)4/h1H;;;;/q;+3;3*-1. The summed E-state index contributed by atoms with van der Waals surface area (Å²) in [5, 5.41) is 44.2. The van der Waals surface area contributed by atoms with E-state index in [1.54, 1.807) is 0 Å². The molecule has 0 aromatic carbocycles. The van der Waals surface area contributed by atoms with Crippen molar-refractivity contribution in [2.24, 2.45) is 0 Å². The van der Waals surface area contributed by atoms with Crippen molar-refractivity contribution in [2.75, 3.05) is 0 Å². The average Bonchev–Trinajstić information content (AvgIpc) is 1.54. The summed E-state index contributed by atoms with van der Waals surface area (Å²) in [7, 11) is 0. The maximum Gasteiger partial charge on any atom is 3.00 e. The Morgan fingerprint density at radius 2 is 0.571 bits per heavy atom. The molecule has 0 radical (unpaired) electrons. The third-order valence-electron chi connectivity index (χ3n) is 0. The molecule has 0 aliphatic rings. The van der Waals surface area contributed by atoms with Gasteiger partial charge in [0.15, 0.2) is 0 Å². The third-order valence-corrected chi connectivity index (χ3v) is 0. The summed E-state index contributed by atoms with van der Waals surface area (Å²) in [6, 6.07) is 0. The summed E-state index contributed by atoms with van der Waals surface area (Å²) < 4.78 is 0. The molecule has 0 unspecified atom stereocenters. The van der Waals surface area contributed by atoms with E-state index in [4.69, 9.17) is 46.0 Å². The number of hydrogen-bond acceptors (Lipinski definition) is 9. The zero-order valence-electron chi connectivity index (χ0n) is 6.00. The van der Waals surface area contributed by atoms with E-state index in [0.717, 1.165) is 0 Å². The van der Waals surface area contributed by atoms with E-state index in [1.165, 1.54) is 0 Å². The summed E-state index contributed by atoms with van der Waals surface area (Å²) >= 11 is 0. The predicted octanol–water partition coefficient (Wildman–Crippen LogP) is -0.296. The smallest absolute Gasteiger partial charge is 0.356 e. The fraction of sp³-hybridized carbons (Fsp3) is 0. The molecule has 0 atom stereocenters. The van der Waals surface area contributed by atoms with Crippen LogP contribution in [0.4, 0.5) is 0 Å². The minimum absolute atomic E-state index is 0. The first-order valence-electron chi connectivity index (χ1n) is 1.64. The number of halogens is 1. The largest absolute Gasteiger partial charge is 3.00 e. The van der Waals surface area contributed by atoms with Gasteiger partial charge in [0, 0.05) is 0 Å². The van der Waals surface area contributed by atoms with Crippen LogP contribution in [0.15, 0.2) is 0 Å². The summed E-state index contributed by atoms with van der Waals surface area (Å²) in [4.78, 5) is 24.8. The molecule has 0 N–H and O–H groups in total. The van der Waals surface area contributed by atoms with E-state index in [-0.39, 0.29) is 48.0 Å². The monoisotopic (exact) mass is 361 g/mol. The zero-order valence-corrected chi connectivity index (χ0v) is 10.4. The van der Waals surface area contributed by atoms with Crippen LogP contribution < -0.4 is 0 Å². The van der Waals surface area contributed by atoms with Crippen LogP contribution >= 0.6 is 12.4 Å². The fourth-order valence-electron chi connectivity index (χ4n) is 0. The Labute approximate surface area is 109 Å².